The fourth-order valence-corrected chi connectivity index (χ4v) is 2.57. The molecule has 0 radical (unpaired) electrons. The van der Waals surface area contributed by atoms with Crippen LogP contribution in [0.5, 0.6) is 0 Å². The number of alkyl halides is 3. The van der Waals surface area contributed by atoms with Crippen LogP contribution in [0.4, 0.5) is 13.2 Å². The number of benzene rings is 2. The Kier molecular flexibility index (Phi) is 3.67. The van der Waals surface area contributed by atoms with Crippen LogP contribution < -0.4 is 5.56 Å². The third kappa shape index (κ3) is 2.60. The quantitative estimate of drug-likeness (QED) is 0.717. The number of halogens is 3. The van der Waals surface area contributed by atoms with Crippen molar-refractivity contribution in [3.05, 3.63) is 70.3 Å². The number of para-hydroxylation sites is 2. The van der Waals surface area contributed by atoms with E-state index in [0.717, 1.165) is 10.6 Å². The highest BCUT2D eigenvalue weighted by molar-refractivity contribution is 5.77. The highest BCUT2D eigenvalue weighted by atomic mass is 19.4. The van der Waals surface area contributed by atoms with Crippen LogP contribution in [-0.4, -0.2) is 9.55 Å². The summed E-state index contributed by atoms with van der Waals surface area (Å²) in [7, 11) is 0. The molecule has 3 nitrogen and oxygen atoms in total. The van der Waals surface area contributed by atoms with Gasteiger partial charge in [-0.1, -0.05) is 31.2 Å². The first kappa shape index (κ1) is 15.3. The molecule has 0 saturated heterocycles. The molecule has 1 heterocycles. The molecule has 0 saturated carbocycles. The van der Waals surface area contributed by atoms with E-state index in [0.29, 0.717) is 23.1 Å². The van der Waals surface area contributed by atoms with E-state index in [1.807, 2.05) is 0 Å². The Morgan fingerprint density at radius 1 is 1.04 bits per heavy atom. The second-order valence-electron chi connectivity index (χ2n) is 5.05. The summed E-state index contributed by atoms with van der Waals surface area (Å²) in [5, 5.41) is 0.293. The summed E-state index contributed by atoms with van der Waals surface area (Å²) < 4.78 is 40.9. The van der Waals surface area contributed by atoms with Crippen LogP contribution in [0.3, 0.4) is 0 Å². The topological polar surface area (TPSA) is 34.9 Å². The molecule has 0 fully saturated rings. The Morgan fingerprint density at radius 2 is 1.70 bits per heavy atom. The largest absolute Gasteiger partial charge is 0.418 e. The maximum absolute atomic E-state index is 13.3. The molecule has 2 aromatic carbocycles. The van der Waals surface area contributed by atoms with Crippen molar-refractivity contribution in [2.75, 3.05) is 0 Å². The minimum atomic E-state index is -4.55. The van der Waals surface area contributed by atoms with Crippen LogP contribution in [0.1, 0.15) is 18.3 Å². The molecule has 3 rings (SSSR count). The smallest absolute Gasteiger partial charge is 0.268 e. The monoisotopic (exact) mass is 318 g/mol. The van der Waals surface area contributed by atoms with Crippen molar-refractivity contribution >= 4 is 10.9 Å². The summed E-state index contributed by atoms with van der Waals surface area (Å²) >= 11 is 0. The standard InChI is InChI=1S/C17H13F3N2O/c1-2-15-21-13-9-5-3-7-11(13)16(23)22(15)14-10-6-4-8-12(14)17(18,19)20/h3-10H,2H2,1H3. The fraction of sp³-hybridized carbons (Fsp3) is 0.176. The maximum atomic E-state index is 13.3. The van der Waals surface area contributed by atoms with Gasteiger partial charge in [0, 0.05) is 6.42 Å². The minimum absolute atomic E-state index is 0.194. The number of rotatable bonds is 2. The Morgan fingerprint density at radius 3 is 2.39 bits per heavy atom. The first-order valence-electron chi connectivity index (χ1n) is 7.10. The zero-order valence-electron chi connectivity index (χ0n) is 12.3. The summed E-state index contributed by atoms with van der Waals surface area (Å²) in [6.45, 7) is 1.75. The number of hydrogen-bond acceptors (Lipinski definition) is 2. The predicted octanol–water partition coefficient (Wildman–Crippen LogP) is 3.97. The molecule has 1 aromatic heterocycles. The molecule has 0 aliphatic carbocycles. The zero-order chi connectivity index (χ0) is 16.6. The number of aryl methyl sites for hydroxylation is 1. The molecule has 23 heavy (non-hydrogen) atoms. The molecule has 0 atom stereocenters. The van der Waals surface area contributed by atoms with Gasteiger partial charge in [0.2, 0.25) is 0 Å². The van der Waals surface area contributed by atoms with E-state index in [1.165, 1.54) is 18.2 Å². The lowest BCUT2D eigenvalue weighted by atomic mass is 10.1. The van der Waals surface area contributed by atoms with Crippen LogP contribution in [0.2, 0.25) is 0 Å². The van der Waals surface area contributed by atoms with Crippen LogP contribution in [0, 0.1) is 0 Å². The third-order valence-electron chi connectivity index (χ3n) is 3.61. The number of aromatic nitrogens is 2. The van der Waals surface area contributed by atoms with Crippen LogP contribution in [-0.2, 0) is 12.6 Å². The number of hydrogen-bond donors (Lipinski definition) is 0. The average molecular weight is 318 g/mol. The van der Waals surface area contributed by atoms with E-state index in [2.05, 4.69) is 4.98 Å². The molecule has 0 unspecified atom stereocenters. The van der Waals surface area contributed by atoms with Gasteiger partial charge in [-0.25, -0.2) is 4.98 Å². The van der Waals surface area contributed by atoms with Gasteiger partial charge in [0.25, 0.3) is 5.56 Å². The van der Waals surface area contributed by atoms with E-state index in [9.17, 15) is 18.0 Å². The molecular weight excluding hydrogens is 305 g/mol. The van der Waals surface area contributed by atoms with Crippen molar-refractivity contribution in [3.63, 3.8) is 0 Å². The van der Waals surface area contributed by atoms with Gasteiger partial charge in [0.05, 0.1) is 22.2 Å². The van der Waals surface area contributed by atoms with Gasteiger partial charge in [-0.2, -0.15) is 13.2 Å². The molecule has 0 aliphatic heterocycles. The van der Waals surface area contributed by atoms with Gasteiger partial charge in [-0.05, 0) is 24.3 Å². The first-order valence-corrected chi connectivity index (χ1v) is 7.10. The van der Waals surface area contributed by atoms with Gasteiger partial charge in [-0.15, -0.1) is 0 Å². The Bertz CT molecular complexity index is 929. The molecule has 0 aliphatic rings. The Hall–Kier alpha value is -2.63. The third-order valence-corrected chi connectivity index (χ3v) is 3.61. The Labute approximate surface area is 130 Å². The Balaban J connectivity index is 2.42. The SMILES string of the molecule is CCc1nc2ccccc2c(=O)n1-c1ccccc1C(F)(F)F. The summed E-state index contributed by atoms with van der Waals surface area (Å²) in [5.41, 5.74) is -1.06. The minimum Gasteiger partial charge on any atom is -0.268 e. The van der Waals surface area contributed by atoms with Gasteiger partial charge in [0.1, 0.15) is 5.82 Å². The highest BCUT2D eigenvalue weighted by Crippen LogP contribution is 2.33. The molecule has 0 bridgehead atoms. The molecule has 3 aromatic rings. The summed E-state index contributed by atoms with van der Waals surface area (Å²) in [6.07, 6.45) is -4.21. The summed E-state index contributed by atoms with van der Waals surface area (Å²) in [5.74, 6) is 0.297. The first-order chi connectivity index (χ1) is 10.9. The second kappa shape index (κ2) is 5.53. The van der Waals surface area contributed by atoms with E-state index in [4.69, 9.17) is 0 Å². The average Bonchev–Trinajstić information content (AvgIpc) is 2.54. The molecule has 6 heteroatoms. The van der Waals surface area contributed by atoms with Gasteiger partial charge in [-0.3, -0.25) is 9.36 Å². The van der Waals surface area contributed by atoms with E-state index < -0.39 is 17.3 Å². The van der Waals surface area contributed by atoms with Crippen molar-refractivity contribution in [2.45, 2.75) is 19.5 Å². The zero-order valence-corrected chi connectivity index (χ0v) is 12.3. The predicted molar refractivity (Wildman–Crippen MR) is 81.7 cm³/mol. The van der Waals surface area contributed by atoms with Gasteiger partial charge >= 0.3 is 6.18 Å². The van der Waals surface area contributed by atoms with E-state index in [-0.39, 0.29) is 5.69 Å². The van der Waals surface area contributed by atoms with E-state index >= 15 is 0 Å². The lowest BCUT2D eigenvalue weighted by molar-refractivity contribution is -0.137. The highest BCUT2D eigenvalue weighted by Gasteiger charge is 2.34. The van der Waals surface area contributed by atoms with Gasteiger partial charge < -0.3 is 0 Å². The summed E-state index contributed by atoms with van der Waals surface area (Å²) in [4.78, 5) is 17.1. The van der Waals surface area contributed by atoms with Crippen molar-refractivity contribution < 1.29 is 13.2 Å². The lowest BCUT2D eigenvalue weighted by Crippen LogP contribution is -2.26. The van der Waals surface area contributed by atoms with Crippen LogP contribution >= 0.6 is 0 Å². The molecule has 0 spiro atoms. The number of fused-ring (bicyclic) bond motifs is 1. The van der Waals surface area contributed by atoms with E-state index in [1.54, 1.807) is 31.2 Å². The molecule has 118 valence electrons. The van der Waals surface area contributed by atoms with Crippen molar-refractivity contribution in [2.24, 2.45) is 0 Å². The van der Waals surface area contributed by atoms with Crippen LogP contribution in [0.15, 0.2) is 53.3 Å². The molecule has 0 N–H and O–H groups in total. The van der Waals surface area contributed by atoms with Crippen molar-refractivity contribution in [1.82, 2.24) is 9.55 Å². The normalized spacial score (nSPS) is 11.8. The summed E-state index contributed by atoms with van der Waals surface area (Å²) in [6, 6.07) is 11.7. The maximum Gasteiger partial charge on any atom is 0.418 e. The molecular formula is C17H13F3N2O. The van der Waals surface area contributed by atoms with Crippen molar-refractivity contribution in [1.29, 1.82) is 0 Å². The van der Waals surface area contributed by atoms with Crippen molar-refractivity contribution in [3.8, 4) is 5.69 Å². The second-order valence-corrected chi connectivity index (χ2v) is 5.05. The van der Waals surface area contributed by atoms with Gasteiger partial charge in [0.15, 0.2) is 0 Å². The number of nitrogens with zero attached hydrogens (tertiary/aromatic N) is 2. The van der Waals surface area contributed by atoms with Crippen LogP contribution in [0.25, 0.3) is 16.6 Å². The lowest BCUT2D eigenvalue weighted by Gasteiger charge is -2.17. The molecule has 0 amide bonds. The fourth-order valence-electron chi connectivity index (χ4n) is 2.57.